The van der Waals surface area contributed by atoms with Gasteiger partial charge in [0.2, 0.25) is 0 Å². The minimum atomic E-state index is 0.814. The number of aryl methyl sites for hydroxylation is 2. The third-order valence-electron chi connectivity index (χ3n) is 2.53. The second-order valence-electron chi connectivity index (χ2n) is 3.83. The Morgan fingerprint density at radius 1 is 1.38 bits per heavy atom. The predicted octanol–water partition coefficient (Wildman–Crippen LogP) is 0.715. The molecule has 0 aliphatic heterocycles. The molecular formula is C11H17N5. The predicted molar refractivity (Wildman–Crippen MR) is 61.9 cm³/mol. The van der Waals surface area contributed by atoms with Gasteiger partial charge in [-0.05, 0) is 13.0 Å². The highest BCUT2D eigenvalue weighted by molar-refractivity contribution is 4.97. The summed E-state index contributed by atoms with van der Waals surface area (Å²) in [5.41, 5.74) is 1.07. The molecule has 0 unspecified atom stereocenters. The second-order valence-corrected chi connectivity index (χ2v) is 3.83. The van der Waals surface area contributed by atoms with Crippen LogP contribution in [0.3, 0.4) is 0 Å². The van der Waals surface area contributed by atoms with Gasteiger partial charge in [0.25, 0.3) is 0 Å². The lowest BCUT2D eigenvalue weighted by Gasteiger charge is -2.05. The summed E-state index contributed by atoms with van der Waals surface area (Å²) in [7, 11) is 1.93. The van der Waals surface area contributed by atoms with Crippen LogP contribution in [0, 0.1) is 6.92 Å². The molecule has 0 spiro atoms. The molecule has 0 radical (unpaired) electrons. The first-order valence-electron chi connectivity index (χ1n) is 5.42. The molecule has 5 heteroatoms. The van der Waals surface area contributed by atoms with E-state index in [9.17, 15) is 0 Å². The number of hydrogen-bond acceptors (Lipinski definition) is 3. The van der Waals surface area contributed by atoms with Crippen LogP contribution < -0.4 is 5.32 Å². The van der Waals surface area contributed by atoms with Gasteiger partial charge in [-0.2, -0.15) is 5.10 Å². The van der Waals surface area contributed by atoms with Crippen LogP contribution in [0.15, 0.2) is 24.7 Å². The molecule has 16 heavy (non-hydrogen) atoms. The Morgan fingerprint density at radius 2 is 2.25 bits per heavy atom. The van der Waals surface area contributed by atoms with E-state index < -0.39 is 0 Å². The third kappa shape index (κ3) is 2.70. The Labute approximate surface area is 95.1 Å². The van der Waals surface area contributed by atoms with Crippen molar-refractivity contribution in [2.75, 3.05) is 6.54 Å². The maximum atomic E-state index is 4.30. The molecule has 1 N–H and O–H groups in total. The van der Waals surface area contributed by atoms with Crippen LogP contribution in [0.4, 0.5) is 0 Å². The largest absolute Gasteiger partial charge is 0.334 e. The molecule has 2 aromatic heterocycles. The average molecular weight is 219 g/mol. The van der Waals surface area contributed by atoms with E-state index in [-0.39, 0.29) is 0 Å². The summed E-state index contributed by atoms with van der Waals surface area (Å²) in [4.78, 5) is 4.18. The first-order chi connectivity index (χ1) is 7.75. The van der Waals surface area contributed by atoms with Gasteiger partial charge in [0, 0.05) is 45.3 Å². The monoisotopic (exact) mass is 219 g/mol. The van der Waals surface area contributed by atoms with Gasteiger partial charge in [0.15, 0.2) is 0 Å². The SMILES string of the molecule is Cc1nccn1CCNCc1ccn(C)n1. The molecule has 0 aliphatic carbocycles. The first kappa shape index (κ1) is 10.9. The average Bonchev–Trinajstić information content (AvgIpc) is 2.83. The maximum absolute atomic E-state index is 4.30. The lowest BCUT2D eigenvalue weighted by atomic mass is 10.4. The Bertz CT molecular complexity index is 443. The van der Waals surface area contributed by atoms with E-state index in [2.05, 4.69) is 20.0 Å². The number of imidazole rings is 1. The highest BCUT2D eigenvalue weighted by Crippen LogP contribution is 1.95. The van der Waals surface area contributed by atoms with E-state index in [4.69, 9.17) is 0 Å². The van der Waals surface area contributed by atoms with Crippen molar-refractivity contribution in [1.29, 1.82) is 0 Å². The molecule has 0 aromatic carbocycles. The van der Waals surface area contributed by atoms with Crippen molar-refractivity contribution in [3.8, 4) is 0 Å². The molecule has 2 rings (SSSR count). The van der Waals surface area contributed by atoms with Crippen molar-refractivity contribution in [3.05, 3.63) is 36.2 Å². The number of nitrogens with zero attached hydrogens (tertiary/aromatic N) is 4. The molecule has 0 fully saturated rings. The molecule has 0 saturated heterocycles. The van der Waals surface area contributed by atoms with Gasteiger partial charge < -0.3 is 9.88 Å². The fourth-order valence-corrected chi connectivity index (χ4v) is 1.61. The lowest BCUT2D eigenvalue weighted by molar-refractivity contribution is 0.578. The Balaban J connectivity index is 1.71. The van der Waals surface area contributed by atoms with Crippen molar-refractivity contribution in [3.63, 3.8) is 0 Å². The zero-order chi connectivity index (χ0) is 11.4. The highest BCUT2D eigenvalue weighted by Gasteiger charge is 1.97. The van der Waals surface area contributed by atoms with Gasteiger partial charge in [0.05, 0.1) is 5.69 Å². The van der Waals surface area contributed by atoms with E-state index in [1.807, 2.05) is 43.3 Å². The Hall–Kier alpha value is -1.62. The summed E-state index contributed by atoms with van der Waals surface area (Å²) in [5.74, 6) is 1.06. The quantitative estimate of drug-likeness (QED) is 0.754. The van der Waals surface area contributed by atoms with Gasteiger partial charge in [0.1, 0.15) is 5.82 Å². The molecule has 0 saturated carbocycles. The Morgan fingerprint density at radius 3 is 2.88 bits per heavy atom. The number of rotatable bonds is 5. The topological polar surface area (TPSA) is 47.7 Å². The third-order valence-corrected chi connectivity index (χ3v) is 2.53. The molecular weight excluding hydrogens is 202 g/mol. The molecule has 0 bridgehead atoms. The van der Waals surface area contributed by atoms with E-state index in [1.54, 1.807) is 0 Å². The van der Waals surface area contributed by atoms with E-state index in [0.29, 0.717) is 0 Å². The first-order valence-corrected chi connectivity index (χ1v) is 5.42. The van der Waals surface area contributed by atoms with Crippen LogP contribution in [0.2, 0.25) is 0 Å². The van der Waals surface area contributed by atoms with Gasteiger partial charge in [-0.25, -0.2) is 4.98 Å². The fourth-order valence-electron chi connectivity index (χ4n) is 1.61. The van der Waals surface area contributed by atoms with Crippen molar-refractivity contribution >= 4 is 0 Å². The van der Waals surface area contributed by atoms with Gasteiger partial charge in [-0.15, -0.1) is 0 Å². The van der Waals surface area contributed by atoms with E-state index >= 15 is 0 Å². The van der Waals surface area contributed by atoms with Crippen LogP contribution >= 0.6 is 0 Å². The normalized spacial score (nSPS) is 10.9. The second kappa shape index (κ2) is 4.94. The molecule has 0 amide bonds. The smallest absolute Gasteiger partial charge is 0.105 e. The van der Waals surface area contributed by atoms with E-state index in [0.717, 1.165) is 31.2 Å². The van der Waals surface area contributed by atoms with Crippen LogP contribution in [-0.2, 0) is 20.1 Å². The fraction of sp³-hybridized carbons (Fsp3) is 0.455. The summed E-state index contributed by atoms with van der Waals surface area (Å²) in [6.07, 6.45) is 5.78. The molecule has 0 atom stereocenters. The summed E-state index contributed by atoms with van der Waals surface area (Å²) >= 11 is 0. The van der Waals surface area contributed by atoms with E-state index in [1.165, 1.54) is 0 Å². The van der Waals surface area contributed by atoms with Crippen LogP contribution in [0.5, 0.6) is 0 Å². The van der Waals surface area contributed by atoms with Gasteiger partial charge >= 0.3 is 0 Å². The number of hydrogen-bond donors (Lipinski definition) is 1. The molecule has 2 aromatic rings. The Kier molecular flexibility index (Phi) is 3.36. The molecule has 0 aliphatic rings. The van der Waals surface area contributed by atoms with Crippen LogP contribution in [0.25, 0.3) is 0 Å². The zero-order valence-corrected chi connectivity index (χ0v) is 9.72. The van der Waals surface area contributed by atoms with Crippen molar-refractivity contribution in [1.82, 2.24) is 24.6 Å². The summed E-state index contributed by atoms with van der Waals surface area (Å²) in [5, 5.41) is 7.65. The maximum Gasteiger partial charge on any atom is 0.105 e. The van der Waals surface area contributed by atoms with Gasteiger partial charge in [-0.3, -0.25) is 4.68 Å². The van der Waals surface area contributed by atoms with Crippen LogP contribution in [-0.4, -0.2) is 25.9 Å². The molecule has 2 heterocycles. The minimum Gasteiger partial charge on any atom is -0.334 e. The molecule has 5 nitrogen and oxygen atoms in total. The summed E-state index contributed by atoms with van der Waals surface area (Å²) < 4.78 is 3.95. The standard InChI is InChI=1S/C11H17N5/c1-10-13-5-8-16(10)7-4-12-9-11-3-6-15(2)14-11/h3,5-6,8,12H,4,7,9H2,1-2H3. The number of aromatic nitrogens is 4. The zero-order valence-electron chi connectivity index (χ0n) is 9.72. The molecule has 86 valence electrons. The lowest BCUT2D eigenvalue weighted by Crippen LogP contribution is -2.20. The van der Waals surface area contributed by atoms with Crippen LogP contribution in [0.1, 0.15) is 11.5 Å². The minimum absolute atomic E-state index is 0.814. The summed E-state index contributed by atoms with van der Waals surface area (Å²) in [6.45, 7) is 4.69. The van der Waals surface area contributed by atoms with Crippen molar-refractivity contribution < 1.29 is 0 Å². The number of nitrogens with one attached hydrogen (secondary N) is 1. The van der Waals surface area contributed by atoms with Crippen molar-refractivity contribution in [2.45, 2.75) is 20.0 Å². The van der Waals surface area contributed by atoms with Gasteiger partial charge in [-0.1, -0.05) is 0 Å². The summed E-state index contributed by atoms with van der Waals surface area (Å²) in [6, 6.07) is 2.02. The highest BCUT2D eigenvalue weighted by atomic mass is 15.3. The van der Waals surface area contributed by atoms with Crippen molar-refractivity contribution in [2.24, 2.45) is 7.05 Å².